The van der Waals surface area contributed by atoms with Gasteiger partial charge in [-0.2, -0.15) is 5.10 Å². The zero-order valence-electron chi connectivity index (χ0n) is 10.9. The quantitative estimate of drug-likeness (QED) is 0.824. The van der Waals surface area contributed by atoms with Gasteiger partial charge in [-0.1, -0.05) is 17.7 Å². The number of aryl methyl sites for hydroxylation is 1. The number of fused-ring (bicyclic) bond motifs is 1. The van der Waals surface area contributed by atoms with Crippen molar-refractivity contribution in [2.24, 2.45) is 0 Å². The molecule has 7 heteroatoms. The van der Waals surface area contributed by atoms with Gasteiger partial charge in [0.1, 0.15) is 6.54 Å². The average Bonchev–Trinajstić information content (AvgIpc) is 3.14. The summed E-state index contributed by atoms with van der Waals surface area (Å²) in [4.78, 5) is 0. The molecular formula is C13H14ClF2N3S. The van der Waals surface area contributed by atoms with E-state index in [2.05, 4.69) is 9.82 Å². The lowest BCUT2D eigenvalue weighted by Crippen LogP contribution is -2.08. The van der Waals surface area contributed by atoms with Gasteiger partial charge in [0.2, 0.25) is 0 Å². The first-order valence-corrected chi connectivity index (χ1v) is 7.67. The van der Waals surface area contributed by atoms with Crippen molar-refractivity contribution in [3.05, 3.63) is 22.7 Å². The Morgan fingerprint density at radius 1 is 1.50 bits per heavy atom. The van der Waals surface area contributed by atoms with Gasteiger partial charge in [-0.05, 0) is 43.3 Å². The molecule has 0 amide bonds. The number of alkyl halides is 2. The van der Waals surface area contributed by atoms with Crippen molar-refractivity contribution in [2.75, 3.05) is 4.72 Å². The first-order valence-electron chi connectivity index (χ1n) is 6.41. The molecule has 1 aromatic heterocycles. The third-order valence-corrected chi connectivity index (χ3v) is 4.63. The van der Waals surface area contributed by atoms with Crippen molar-refractivity contribution < 1.29 is 8.78 Å². The van der Waals surface area contributed by atoms with Gasteiger partial charge in [0.15, 0.2) is 5.82 Å². The van der Waals surface area contributed by atoms with Gasteiger partial charge in [0.25, 0.3) is 6.43 Å². The minimum absolute atomic E-state index is 0.423. The minimum Gasteiger partial charge on any atom is -0.312 e. The summed E-state index contributed by atoms with van der Waals surface area (Å²) in [6, 6.07) is 3.60. The number of hydrogen-bond acceptors (Lipinski definition) is 3. The number of rotatable bonds is 5. The van der Waals surface area contributed by atoms with E-state index in [1.54, 1.807) is 18.0 Å². The van der Waals surface area contributed by atoms with E-state index in [1.165, 1.54) is 17.5 Å². The molecule has 0 saturated heterocycles. The van der Waals surface area contributed by atoms with Crippen LogP contribution in [0.2, 0.25) is 5.02 Å². The smallest absolute Gasteiger partial charge is 0.257 e. The van der Waals surface area contributed by atoms with Crippen LogP contribution < -0.4 is 4.72 Å². The Morgan fingerprint density at radius 2 is 2.25 bits per heavy atom. The largest absolute Gasteiger partial charge is 0.312 e. The van der Waals surface area contributed by atoms with Crippen LogP contribution in [0.4, 0.5) is 14.6 Å². The van der Waals surface area contributed by atoms with E-state index >= 15 is 0 Å². The van der Waals surface area contributed by atoms with E-state index in [0.29, 0.717) is 21.6 Å². The maximum absolute atomic E-state index is 12.7. The standard InChI is InChI=1S/C13H14ClF2N3S/c1-7-2-5-9(14)11-12(7)19(6-10(15)16)17-13(11)18-20-8-3-4-8/h2,5,8,10H,3-4,6H2,1H3,(H,17,18). The van der Waals surface area contributed by atoms with Crippen molar-refractivity contribution in [1.29, 1.82) is 0 Å². The summed E-state index contributed by atoms with van der Waals surface area (Å²) in [5.74, 6) is 0.575. The second kappa shape index (κ2) is 5.41. The summed E-state index contributed by atoms with van der Waals surface area (Å²) < 4.78 is 29.9. The molecule has 3 nitrogen and oxygen atoms in total. The van der Waals surface area contributed by atoms with Crippen LogP contribution >= 0.6 is 23.5 Å². The number of nitrogens with zero attached hydrogens (tertiary/aromatic N) is 2. The molecule has 1 aliphatic carbocycles. The number of halogens is 3. The number of hydrogen-bond donors (Lipinski definition) is 1. The fourth-order valence-corrected chi connectivity index (χ4v) is 3.14. The van der Waals surface area contributed by atoms with Gasteiger partial charge in [-0.25, -0.2) is 8.78 Å². The van der Waals surface area contributed by atoms with E-state index < -0.39 is 13.0 Å². The molecule has 1 N–H and O–H groups in total. The average molecular weight is 318 g/mol. The molecule has 1 fully saturated rings. The molecule has 1 aromatic carbocycles. The lowest BCUT2D eigenvalue weighted by atomic mass is 10.1. The van der Waals surface area contributed by atoms with Crippen LogP contribution in [0, 0.1) is 6.92 Å². The highest BCUT2D eigenvalue weighted by Gasteiger charge is 2.24. The van der Waals surface area contributed by atoms with Crippen LogP contribution in [0.1, 0.15) is 18.4 Å². The predicted molar refractivity (Wildman–Crippen MR) is 79.7 cm³/mol. The van der Waals surface area contributed by atoms with Crippen molar-refractivity contribution in [3.8, 4) is 0 Å². The first-order chi connectivity index (χ1) is 9.56. The molecule has 0 unspecified atom stereocenters. The summed E-state index contributed by atoms with van der Waals surface area (Å²) in [6.45, 7) is 1.45. The Balaban J connectivity index is 2.05. The van der Waals surface area contributed by atoms with Crippen molar-refractivity contribution in [3.63, 3.8) is 0 Å². The molecule has 1 heterocycles. The van der Waals surface area contributed by atoms with Gasteiger partial charge in [-0.3, -0.25) is 4.68 Å². The van der Waals surface area contributed by atoms with Gasteiger partial charge in [-0.15, -0.1) is 0 Å². The van der Waals surface area contributed by atoms with Crippen LogP contribution in [0.5, 0.6) is 0 Å². The lowest BCUT2D eigenvalue weighted by Gasteiger charge is -2.05. The minimum atomic E-state index is -2.44. The molecular weight excluding hydrogens is 304 g/mol. The van der Waals surface area contributed by atoms with E-state index in [1.807, 2.05) is 13.0 Å². The fraction of sp³-hybridized carbons (Fsp3) is 0.462. The van der Waals surface area contributed by atoms with Crippen LogP contribution in [-0.4, -0.2) is 21.5 Å². The van der Waals surface area contributed by atoms with Crippen molar-refractivity contribution in [1.82, 2.24) is 9.78 Å². The van der Waals surface area contributed by atoms with E-state index in [9.17, 15) is 8.78 Å². The van der Waals surface area contributed by atoms with E-state index in [0.717, 1.165) is 10.9 Å². The number of aromatic nitrogens is 2. The lowest BCUT2D eigenvalue weighted by molar-refractivity contribution is 0.123. The maximum Gasteiger partial charge on any atom is 0.257 e. The molecule has 108 valence electrons. The molecule has 0 atom stereocenters. The van der Waals surface area contributed by atoms with E-state index in [-0.39, 0.29) is 0 Å². The Bertz CT molecular complexity index is 640. The normalized spacial score (nSPS) is 15.2. The molecule has 2 aromatic rings. The Hall–Kier alpha value is -1.01. The molecule has 0 spiro atoms. The van der Waals surface area contributed by atoms with E-state index in [4.69, 9.17) is 11.6 Å². The van der Waals surface area contributed by atoms with Gasteiger partial charge >= 0.3 is 0 Å². The number of nitrogens with one attached hydrogen (secondary N) is 1. The van der Waals surface area contributed by atoms with Gasteiger partial charge in [0.05, 0.1) is 15.9 Å². The zero-order valence-corrected chi connectivity index (χ0v) is 12.4. The highest BCUT2D eigenvalue weighted by atomic mass is 35.5. The molecule has 1 saturated carbocycles. The second-order valence-corrected chi connectivity index (χ2v) is 6.44. The summed E-state index contributed by atoms with van der Waals surface area (Å²) >= 11 is 7.81. The number of anilines is 1. The molecule has 0 bridgehead atoms. The summed E-state index contributed by atoms with van der Waals surface area (Å²) in [5, 5.41) is 6.12. The highest BCUT2D eigenvalue weighted by Crippen LogP contribution is 2.38. The maximum atomic E-state index is 12.7. The van der Waals surface area contributed by atoms with Crippen LogP contribution in [0.15, 0.2) is 12.1 Å². The molecule has 20 heavy (non-hydrogen) atoms. The summed E-state index contributed by atoms with van der Waals surface area (Å²) in [5.41, 5.74) is 1.57. The Labute approximate surface area is 124 Å². The van der Waals surface area contributed by atoms with Crippen molar-refractivity contribution in [2.45, 2.75) is 38.0 Å². The summed E-state index contributed by atoms with van der Waals surface area (Å²) in [6.07, 6.45) is -0.0827. The number of benzene rings is 1. The molecule has 1 aliphatic rings. The topological polar surface area (TPSA) is 29.9 Å². The molecule has 3 rings (SSSR count). The monoisotopic (exact) mass is 317 g/mol. The zero-order chi connectivity index (χ0) is 14.3. The predicted octanol–water partition coefficient (Wildman–Crippen LogP) is 4.49. The third kappa shape index (κ3) is 2.72. The Kier molecular flexibility index (Phi) is 3.77. The van der Waals surface area contributed by atoms with Gasteiger partial charge in [0, 0.05) is 5.25 Å². The van der Waals surface area contributed by atoms with Crippen molar-refractivity contribution >= 4 is 40.3 Å². The molecule has 0 aliphatic heterocycles. The van der Waals surface area contributed by atoms with Crippen LogP contribution in [-0.2, 0) is 6.54 Å². The highest BCUT2D eigenvalue weighted by molar-refractivity contribution is 8.01. The second-order valence-electron chi connectivity index (χ2n) is 4.93. The van der Waals surface area contributed by atoms with Crippen LogP contribution in [0.3, 0.4) is 0 Å². The van der Waals surface area contributed by atoms with Gasteiger partial charge < -0.3 is 4.72 Å². The summed E-state index contributed by atoms with van der Waals surface area (Å²) in [7, 11) is 0. The first kappa shape index (κ1) is 13.9. The molecule has 0 radical (unpaired) electrons. The SMILES string of the molecule is Cc1ccc(Cl)c2c(NSC3CC3)nn(CC(F)F)c12. The van der Waals surface area contributed by atoms with Crippen LogP contribution in [0.25, 0.3) is 10.9 Å². The third-order valence-electron chi connectivity index (χ3n) is 3.20. The fourth-order valence-electron chi connectivity index (χ4n) is 2.11. The Morgan fingerprint density at radius 3 is 2.90 bits per heavy atom.